The average Bonchev–Trinajstić information content (AvgIpc) is 2.81. The molecular weight excluding hydrogens is 472 g/mol. The summed E-state index contributed by atoms with van der Waals surface area (Å²) in [5.41, 5.74) is 1.88. The first-order valence-electron chi connectivity index (χ1n) is 12.0. The van der Waals surface area contributed by atoms with Crippen molar-refractivity contribution in [2.75, 3.05) is 11.9 Å². The summed E-state index contributed by atoms with van der Waals surface area (Å²) in [4.78, 5) is 23.2. The Morgan fingerprint density at radius 3 is 2.03 bits per heavy atom. The first kappa shape index (κ1) is 27.5. The first-order chi connectivity index (χ1) is 17.2. The Morgan fingerprint density at radius 2 is 1.49 bits per heavy atom. The van der Waals surface area contributed by atoms with Crippen LogP contribution in [0.4, 0.5) is 16.2 Å². The summed E-state index contributed by atoms with van der Waals surface area (Å²) in [7, 11) is 1.26. The molecular formula is C29H34N2O6. The minimum atomic E-state index is -1.31. The van der Waals surface area contributed by atoms with Crippen LogP contribution in [0, 0.1) is 10.1 Å². The summed E-state index contributed by atoms with van der Waals surface area (Å²) >= 11 is 0. The largest absolute Gasteiger partial charge is 0.489 e. The molecule has 1 amide bonds. The number of nitro groups is 1. The lowest BCUT2D eigenvalue weighted by molar-refractivity contribution is -0.384. The summed E-state index contributed by atoms with van der Waals surface area (Å²) in [6, 6.07) is 18.0. The van der Waals surface area contributed by atoms with Crippen LogP contribution in [-0.4, -0.2) is 23.2 Å². The Hall–Kier alpha value is -4.07. The van der Waals surface area contributed by atoms with Crippen LogP contribution < -0.4 is 14.4 Å². The Morgan fingerprint density at radius 1 is 0.919 bits per heavy atom. The van der Waals surface area contributed by atoms with Gasteiger partial charge in [-0.3, -0.25) is 15.0 Å². The molecule has 8 heteroatoms. The van der Waals surface area contributed by atoms with Crippen molar-refractivity contribution < 1.29 is 24.3 Å². The monoisotopic (exact) mass is 506 g/mol. The number of amides is 1. The molecule has 196 valence electrons. The zero-order valence-electron chi connectivity index (χ0n) is 22.4. The van der Waals surface area contributed by atoms with Crippen molar-refractivity contribution in [1.82, 2.24) is 0 Å². The highest BCUT2D eigenvalue weighted by atomic mass is 16.6. The number of carboxylic acid groups (broad SMARTS) is 1. The molecule has 0 aromatic heterocycles. The molecule has 0 fully saturated rings. The van der Waals surface area contributed by atoms with E-state index >= 15 is 0 Å². The van der Waals surface area contributed by atoms with Gasteiger partial charge in [-0.1, -0.05) is 71.9 Å². The van der Waals surface area contributed by atoms with Gasteiger partial charge in [0.05, 0.1) is 4.92 Å². The van der Waals surface area contributed by atoms with E-state index in [0.29, 0.717) is 12.4 Å². The molecule has 0 aliphatic carbocycles. The molecule has 0 heterocycles. The van der Waals surface area contributed by atoms with E-state index in [2.05, 4.69) is 41.5 Å². The van der Waals surface area contributed by atoms with Crippen LogP contribution >= 0.6 is 0 Å². The Balaban J connectivity index is 2.11. The van der Waals surface area contributed by atoms with Gasteiger partial charge in [-0.25, -0.2) is 4.79 Å². The fourth-order valence-electron chi connectivity index (χ4n) is 3.89. The second-order valence-corrected chi connectivity index (χ2v) is 11.0. The number of ether oxygens (including phenoxy) is 2. The summed E-state index contributed by atoms with van der Waals surface area (Å²) in [5, 5.41) is 20.9. The highest BCUT2D eigenvalue weighted by Gasteiger charge is 2.28. The van der Waals surface area contributed by atoms with Gasteiger partial charge in [0.15, 0.2) is 0 Å². The lowest BCUT2D eigenvalue weighted by Gasteiger charge is -2.29. The summed E-state index contributed by atoms with van der Waals surface area (Å²) in [6.07, 6.45) is -1.31. The molecule has 0 radical (unpaired) electrons. The lowest BCUT2D eigenvalue weighted by atomic mass is 9.81. The topological polar surface area (TPSA) is 102 Å². The Kier molecular flexibility index (Phi) is 7.81. The molecule has 3 aromatic rings. The van der Waals surface area contributed by atoms with Gasteiger partial charge in [-0.2, -0.15) is 0 Å². The molecule has 8 nitrogen and oxygen atoms in total. The van der Waals surface area contributed by atoms with Gasteiger partial charge in [0, 0.05) is 30.3 Å². The minimum absolute atomic E-state index is 0.0776. The third-order valence-electron chi connectivity index (χ3n) is 5.95. The van der Waals surface area contributed by atoms with E-state index in [0.717, 1.165) is 27.3 Å². The van der Waals surface area contributed by atoms with Crippen molar-refractivity contribution in [3.05, 3.63) is 87.5 Å². The van der Waals surface area contributed by atoms with Crippen LogP contribution in [0.3, 0.4) is 0 Å². The number of anilines is 1. The highest BCUT2D eigenvalue weighted by Crippen LogP contribution is 2.44. The molecule has 0 atom stereocenters. The van der Waals surface area contributed by atoms with Gasteiger partial charge < -0.3 is 14.6 Å². The molecule has 3 aromatic carbocycles. The first-order valence-corrected chi connectivity index (χ1v) is 12.0. The van der Waals surface area contributed by atoms with E-state index in [9.17, 15) is 20.0 Å². The second kappa shape index (κ2) is 10.5. The van der Waals surface area contributed by atoms with Crippen molar-refractivity contribution in [2.45, 2.75) is 59.0 Å². The van der Waals surface area contributed by atoms with E-state index in [-0.39, 0.29) is 28.0 Å². The number of hydrogen-bond acceptors (Lipinski definition) is 5. The molecule has 1 N–H and O–H groups in total. The van der Waals surface area contributed by atoms with E-state index in [1.807, 2.05) is 42.5 Å². The van der Waals surface area contributed by atoms with Crippen LogP contribution in [0.5, 0.6) is 17.2 Å². The van der Waals surface area contributed by atoms with Gasteiger partial charge >= 0.3 is 6.09 Å². The molecule has 0 aliphatic heterocycles. The van der Waals surface area contributed by atoms with Gasteiger partial charge in [-0.15, -0.1) is 0 Å². The number of rotatable bonds is 7. The molecule has 0 unspecified atom stereocenters. The molecule has 0 aliphatic rings. The van der Waals surface area contributed by atoms with E-state index in [1.54, 1.807) is 0 Å². The summed E-state index contributed by atoms with van der Waals surface area (Å²) < 4.78 is 12.6. The molecule has 37 heavy (non-hydrogen) atoms. The lowest BCUT2D eigenvalue weighted by Crippen LogP contribution is -2.24. The van der Waals surface area contributed by atoms with Crippen molar-refractivity contribution in [3.8, 4) is 17.2 Å². The zero-order valence-corrected chi connectivity index (χ0v) is 22.4. The number of nitrogens with zero attached hydrogens (tertiary/aromatic N) is 2. The third kappa shape index (κ3) is 6.58. The number of benzene rings is 3. The highest BCUT2D eigenvalue weighted by molar-refractivity contribution is 5.89. The Bertz CT molecular complexity index is 1290. The standard InChI is InChI=1S/C29H34N2O6/c1-28(2,3)21-17-26(37-20-13-14-23(31(34)35)24(15-20)30(7)27(32)33)22(29(4,5)6)16-25(21)36-18-19-11-9-8-10-12-19/h8-17H,18H2,1-7H3,(H,32,33). The van der Waals surface area contributed by atoms with E-state index in [1.165, 1.54) is 25.2 Å². The zero-order chi connectivity index (χ0) is 27.5. The molecule has 0 bridgehead atoms. The molecule has 3 rings (SSSR count). The van der Waals surface area contributed by atoms with E-state index in [4.69, 9.17) is 9.47 Å². The van der Waals surface area contributed by atoms with Gasteiger partial charge in [-0.05, 0) is 34.6 Å². The van der Waals surface area contributed by atoms with Crippen LogP contribution in [-0.2, 0) is 17.4 Å². The maximum Gasteiger partial charge on any atom is 0.411 e. The van der Waals surface area contributed by atoms with Crippen molar-refractivity contribution in [3.63, 3.8) is 0 Å². The summed E-state index contributed by atoms with van der Waals surface area (Å²) in [5.74, 6) is 1.61. The van der Waals surface area contributed by atoms with Crippen LogP contribution in [0.2, 0.25) is 0 Å². The quantitative estimate of drug-likeness (QED) is 0.260. The fourth-order valence-corrected chi connectivity index (χ4v) is 3.89. The predicted octanol–water partition coefficient (Wildman–Crippen LogP) is 7.68. The molecule has 0 saturated heterocycles. The number of carbonyl (C=O) groups is 1. The second-order valence-electron chi connectivity index (χ2n) is 11.0. The minimum Gasteiger partial charge on any atom is -0.489 e. The SMILES string of the molecule is CN(C(=O)O)c1cc(Oc2cc(C(C)(C)C)c(OCc3ccccc3)cc2C(C)(C)C)ccc1[N+](=O)[O-]. The normalized spacial score (nSPS) is 11.6. The number of nitro benzene ring substituents is 1. The smallest absolute Gasteiger partial charge is 0.411 e. The van der Waals surface area contributed by atoms with Crippen molar-refractivity contribution in [2.24, 2.45) is 0 Å². The van der Waals surface area contributed by atoms with Crippen LogP contribution in [0.25, 0.3) is 0 Å². The molecule has 0 saturated carbocycles. The maximum absolute atomic E-state index is 11.5. The van der Waals surface area contributed by atoms with Gasteiger partial charge in [0.25, 0.3) is 5.69 Å². The maximum atomic E-state index is 11.5. The van der Waals surface area contributed by atoms with E-state index < -0.39 is 11.0 Å². The molecule has 0 spiro atoms. The third-order valence-corrected chi connectivity index (χ3v) is 5.95. The van der Waals surface area contributed by atoms with Gasteiger partial charge in [0.1, 0.15) is 29.5 Å². The fraction of sp³-hybridized carbons (Fsp3) is 0.345. The Labute approximate surface area is 217 Å². The summed E-state index contributed by atoms with van der Waals surface area (Å²) in [6.45, 7) is 12.9. The number of hydrogen-bond donors (Lipinski definition) is 1. The van der Waals surface area contributed by atoms with Crippen LogP contribution in [0.1, 0.15) is 58.2 Å². The predicted molar refractivity (Wildman–Crippen MR) is 144 cm³/mol. The average molecular weight is 507 g/mol. The van der Waals surface area contributed by atoms with Crippen molar-refractivity contribution in [1.29, 1.82) is 0 Å². The van der Waals surface area contributed by atoms with Crippen molar-refractivity contribution >= 4 is 17.5 Å². The van der Waals surface area contributed by atoms with Gasteiger partial charge in [0.2, 0.25) is 0 Å². The van der Waals surface area contributed by atoms with Crippen LogP contribution in [0.15, 0.2) is 60.7 Å².